The third-order valence-corrected chi connectivity index (χ3v) is 8.09. The number of nitrogens with one attached hydrogen (secondary N) is 4. The van der Waals surface area contributed by atoms with Crippen molar-refractivity contribution in [2.75, 3.05) is 32.0 Å². The molecule has 3 aromatic rings. The minimum absolute atomic E-state index is 0.133. The average molecular weight is 621 g/mol. The van der Waals surface area contributed by atoms with Crippen molar-refractivity contribution in [3.8, 4) is 28.4 Å². The number of carbonyl (C=O) groups excluding carboxylic acids is 2. The average Bonchev–Trinajstić information content (AvgIpc) is 3.30. The van der Waals surface area contributed by atoms with Crippen LogP contribution in [0.2, 0.25) is 0 Å². The molecule has 0 saturated carbocycles. The first-order valence-corrected chi connectivity index (χ1v) is 15.3. The van der Waals surface area contributed by atoms with Crippen LogP contribution < -0.4 is 35.6 Å². The molecule has 12 heteroatoms. The van der Waals surface area contributed by atoms with Crippen LogP contribution in [-0.4, -0.2) is 54.4 Å². The van der Waals surface area contributed by atoms with Crippen molar-refractivity contribution < 1.29 is 23.8 Å². The Labute approximate surface area is 263 Å². The third kappa shape index (κ3) is 7.38. The van der Waals surface area contributed by atoms with Crippen LogP contribution in [-0.2, 0) is 22.4 Å². The molecule has 0 radical (unpaired) electrons. The Morgan fingerprint density at radius 1 is 1.07 bits per heavy atom. The van der Waals surface area contributed by atoms with E-state index in [1.165, 1.54) is 20.1 Å². The number of amides is 2. The van der Waals surface area contributed by atoms with Crippen molar-refractivity contribution in [1.82, 2.24) is 20.5 Å². The summed E-state index contributed by atoms with van der Waals surface area (Å²) in [5.41, 5.74) is 2.92. The molecule has 2 amide bonds. The van der Waals surface area contributed by atoms with E-state index in [1.54, 1.807) is 20.3 Å². The summed E-state index contributed by atoms with van der Waals surface area (Å²) in [6.07, 6.45) is 2.51. The molecule has 3 unspecified atom stereocenters. The van der Waals surface area contributed by atoms with Gasteiger partial charge in [0.2, 0.25) is 28.9 Å². The van der Waals surface area contributed by atoms with Crippen molar-refractivity contribution in [2.24, 2.45) is 11.8 Å². The van der Waals surface area contributed by atoms with Gasteiger partial charge in [-0.25, -0.2) is 0 Å². The van der Waals surface area contributed by atoms with Gasteiger partial charge in [0.05, 0.1) is 33.1 Å². The molecule has 0 saturated heterocycles. The molecule has 1 aromatic heterocycles. The number of nitrogens with zero attached hydrogens (tertiary/aromatic N) is 2. The van der Waals surface area contributed by atoms with Gasteiger partial charge in [-0.15, -0.1) is 5.10 Å². The lowest BCUT2D eigenvalue weighted by atomic mass is 9.95. The summed E-state index contributed by atoms with van der Waals surface area (Å²) in [6, 6.07) is 5.73. The zero-order chi connectivity index (χ0) is 32.8. The highest BCUT2D eigenvalue weighted by Crippen LogP contribution is 2.50. The van der Waals surface area contributed by atoms with Crippen LogP contribution in [0.25, 0.3) is 11.1 Å². The molecule has 2 aromatic carbocycles. The summed E-state index contributed by atoms with van der Waals surface area (Å²) in [5.74, 6) is 1.95. The van der Waals surface area contributed by atoms with Gasteiger partial charge in [-0.05, 0) is 59.6 Å². The minimum Gasteiger partial charge on any atom is -0.493 e. The van der Waals surface area contributed by atoms with Gasteiger partial charge in [0.25, 0.3) is 0 Å². The molecule has 1 heterocycles. The van der Waals surface area contributed by atoms with Crippen molar-refractivity contribution in [2.45, 2.75) is 72.4 Å². The molecule has 0 fully saturated rings. The van der Waals surface area contributed by atoms with Gasteiger partial charge in [0, 0.05) is 18.9 Å². The molecule has 4 N–H and O–H groups in total. The number of aryl methyl sites for hydroxylation is 1. The summed E-state index contributed by atoms with van der Waals surface area (Å²) in [5, 5.41) is 16.0. The highest BCUT2D eigenvalue weighted by Gasteiger charge is 2.30. The fourth-order valence-electron chi connectivity index (χ4n) is 5.71. The first kappa shape index (κ1) is 33.3. The predicted octanol–water partition coefficient (Wildman–Crippen LogP) is 4.64. The summed E-state index contributed by atoms with van der Waals surface area (Å²) in [6.45, 7) is 9.52. The SMILES string of the molecule is CCC(C)C(Nc1ccc2c(cc1=O)C(NC(C)=O)CCc1cc(OC)c(OC)c(OC)c1-2)C(=O)Nc1n[nH]c(CC(C)C)n1. The van der Waals surface area contributed by atoms with Crippen LogP contribution in [0.15, 0.2) is 29.1 Å². The summed E-state index contributed by atoms with van der Waals surface area (Å²) in [4.78, 5) is 44.0. The Hall–Kier alpha value is -4.61. The number of benzene rings is 1. The zero-order valence-corrected chi connectivity index (χ0v) is 27.3. The number of ether oxygens (including phenoxy) is 3. The van der Waals surface area contributed by atoms with E-state index in [1.807, 2.05) is 26.0 Å². The number of rotatable bonds is 12. The fraction of sp³-hybridized carbons (Fsp3) is 0.485. The highest BCUT2D eigenvalue weighted by atomic mass is 16.5. The molecule has 12 nitrogen and oxygen atoms in total. The molecular weight excluding hydrogens is 576 g/mol. The Bertz CT molecular complexity index is 1600. The van der Waals surface area contributed by atoms with E-state index in [2.05, 4.69) is 45.0 Å². The van der Waals surface area contributed by atoms with Crippen molar-refractivity contribution in [3.05, 3.63) is 51.4 Å². The quantitative estimate of drug-likeness (QED) is 0.226. The molecule has 0 bridgehead atoms. The number of hydrogen-bond acceptors (Lipinski definition) is 9. The van der Waals surface area contributed by atoms with Crippen LogP contribution in [0.1, 0.15) is 70.5 Å². The monoisotopic (exact) mass is 620 g/mol. The van der Waals surface area contributed by atoms with E-state index in [0.717, 1.165) is 11.1 Å². The van der Waals surface area contributed by atoms with Crippen LogP contribution in [0.5, 0.6) is 17.2 Å². The Morgan fingerprint density at radius 3 is 2.42 bits per heavy atom. The Kier molecular flexibility index (Phi) is 10.7. The number of anilines is 2. The maximum atomic E-state index is 13.8. The van der Waals surface area contributed by atoms with Gasteiger partial charge in [-0.3, -0.25) is 24.8 Å². The summed E-state index contributed by atoms with van der Waals surface area (Å²) >= 11 is 0. The summed E-state index contributed by atoms with van der Waals surface area (Å²) < 4.78 is 17.1. The van der Waals surface area contributed by atoms with Gasteiger partial charge in [-0.2, -0.15) is 4.98 Å². The largest absolute Gasteiger partial charge is 0.493 e. The molecule has 0 aliphatic heterocycles. The first-order valence-electron chi connectivity index (χ1n) is 15.3. The van der Waals surface area contributed by atoms with Crippen LogP contribution in [0, 0.1) is 11.8 Å². The van der Waals surface area contributed by atoms with Crippen molar-refractivity contribution in [3.63, 3.8) is 0 Å². The van der Waals surface area contributed by atoms with E-state index in [0.29, 0.717) is 65.8 Å². The lowest BCUT2D eigenvalue weighted by molar-refractivity contribution is -0.120. The number of carbonyl (C=O) groups is 2. The fourth-order valence-corrected chi connectivity index (χ4v) is 5.71. The number of aromatic amines is 1. The number of methoxy groups -OCH3 is 3. The van der Waals surface area contributed by atoms with E-state index in [-0.39, 0.29) is 34.8 Å². The van der Waals surface area contributed by atoms with Gasteiger partial charge in [0.15, 0.2) is 11.5 Å². The number of fused-ring (bicyclic) bond motifs is 3. The molecule has 3 atom stereocenters. The maximum absolute atomic E-state index is 13.8. The van der Waals surface area contributed by atoms with Gasteiger partial charge in [-0.1, -0.05) is 40.2 Å². The first-order chi connectivity index (χ1) is 21.5. The third-order valence-electron chi connectivity index (χ3n) is 8.09. The molecular formula is C33H44N6O6. The zero-order valence-electron chi connectivity index (χ0n) is 27.3. The standard InChI is InChI=1S/C33H44N6O6/c1-9-18(4)29(32(42)37-33-36-27(38-39-33)14-17(2)3)35-24-13-11-21-22(16-25(24)41)23(34-19(5)40)12-10-20-15-26(43-6)30(44-7)31(45-8)28(20)21/h11,13,15-18,23,29H,9-10,12,14H2,1-8H3,(H,34,40)(H,35,41)(H2,36,37,38,39,42). The lowest BCUT2D eigenvalue weighted by Crippen LogP contribution is -2.41. The molecule has 242 valence electrons. The van der Waals surface area contributed by atoms with Gasteiger partial charge >= 0.3 is 0 Å². The van der Waals surface area contributed by atoms with Crippen LogP contribution in [0.4, 0.5) is 11.6 Å². The second-order valence-electron chi connectivity index (χ2n) is 11.8. The van der Waals surface area contributed by atoms with Crippen molar-refractivity contribution in [1.29, 1.82) is 0 Å². The van der Waals surface area contributed by atoms with Crippen LogP contribution >= 0.6 is 0 Å². The Balaban J connectivity index is 1.81. The number of aromatic nitrogens is 3. The topological polar surface area (TPSA) is 157 Å². The van der Waals surface area contributed by atoms with Gasteiger partial charge in [0.1, 0.15) is 11.9 Å². The molecule has 0 spiro atoms. The van der Waals surface area contributed by atoms with E-state index < -0.39 is 12.1 Å². The lowest BCUT2D eigenvalue weighted by Gasteiger charge is -2.23. The van der Waals surface area contributed by atoms with E-state index in [9.17, 15) is 14.4 Å². The molecule has 1 aliphatic rings. The predicted molar refractivity (Wildman–Crippen MR) is 173 cm³/mol. The van der Waals surface area contributed by atoms with Crippen molar-refractivity contribution >= 4 is 23.5 Å². The number of hydrogen-bond donors (Lipinski definition) is 4. The second kappa shape index (κ2) is 14.4. The maximum Gasteiger partial charge on any atom is 0.249 e. The second-order valence-corrected chi connectivity index (χ2v) is 11.8. The van der Waals surface area contributed by atoms with Crippen LogP contribution in [0.3, 0.4) is 0 Å². The minimum atomic E-state index is -0.755. The highest BCUT2D eigenvalue weighted by molar-refractivity contribution is 5.95. The van der Waals surface area contributed by atoms with Gasteiger partial charge < -0.3 is 24.8 Å². The molecule has 45 heavy (non-hydrogen) atoms. The van der Waals surface area contributed by atoms with E-state index in [4.69, 9.17) is 14.2 Å². The molecule has 4 rings (SSSR count). The normalized spacial score (nSPS) is 15.2. The summed E-state index contributed by atoms with van der Waals surface area (Å²) in [7, 11) is 4.65. The van der Waals surface area contributed by atoms with E-state index >= 15 is 0 Å². The molecule has 1 aliphatic carbocycles. The smallest absolute Gasteiger partial charge is 0.249 e. The number of H-pyrrole nitrogens is 1. The Morgan fingerprint density at radius 2 is 1.80 bits per heavy atom.